The highest BCUT2D eigenvalue weighted by atomic mass is 16.5. The van der Waals surface area contributed by atoms with Crippen molar-refractivity contribution in [3.05, 3.63) is 30.3 Å². The number of carbonyl (C=O) groups is 2. The standard InChI is InChI=1S/C15H22N2O3/c1-2-20-12-6-9-14(18)16-11-10-15(19)17-13-7-4-3-5-8-13/h3-5,7-8H,2,6,9-12H2,1H3,(H,16,18)(H,17,19). The number of rotatable bonds is 9. The Morgan fingerprint density at radius 2 is 1.85 bits per heavy atom. The molecular formula is C15H22N2O3. The lowest BCUT2D eigenvalue weighted by Gasteiger charge is -2.06. The van der Waals surface area contributed by atoms with Crippen LogP contribution in [0, 0.1) is 0 Å². The van der Waals surface area contributed by atoms with Crippen molar-refractivity contribution in [1.29, 1.82) is 0 Å². The third-order valence-electron chi connectivity index (χ3n) is 2.63. The molecule has 20 heavy (non-hydrogen) atoms. The monoisotopic (exact) mass is 278 g/mol. The molecule has 2 amide bonds. The molecule has 0 aliphatic carbocycles. The molecule has 0 unspecified atom stereocenters. The molecule has 0 aliphatic heterocycles. The predicted molar refractivity (Wildman–Crippen MR) is 78.4 cm³/mol. The summed E-state index contributed by atoms with van der Waals surface area (Å²) in [7, 11) is 0. The molecule has 0 heterocycles. The molecule has 5 nitrogen and oxygen atoms in total. The molecule has 0 atom stereocenters. The topological polar surface area (TPSA) is 67.4 Å². The van der Waals surface area contributed by atoms with Crippen LogP contribution in [0.5, 0.6) is 0 Å². The van der Waals surface area contributed by atoms with Gasteiger partial charge in [0, 0.05) is 38.3 Å². The van der Waals surface area contributed by atoms with Gasteiger partial charge >= 0.3 is 0 Å². The Bertz CT molecular complexity index is 407. The minimum Gasteiger partial charge on any atom is -0.382 e. The Balaban J connectivity index is 2.08. The van der Waals surface area contributed by atoms with Gasteiger partial charge in [0.25, 0.3) is 0 Å². The van der Waals surface area contributed by atoms with Gasteiger partial charge in [-0.15, -0.1) is 0 Å². The average molecular weight is 278 g/mol. The van der Waals surface area contributed by atoms with Gasteiger partial charge in [0.15, 0.2) is 0 Å². The summed E-state index contributed by atoms with van der Waals surface area (Å²) < 4.78 is 5.15. The van der Waals surface area contributed by atoms with Crippen molar-refractivity contribution in [3.8, 4) is 0 Å². The van der Waals surface area contributed by atoms with Crippen LogP contribution in [0.3, 0.4) is 0 Å². The highest BCUT2D eigenvalue weighted by molar-refractivity contribution is 5.91. The fourth-order valence-electron chi connectivity index (χ4n) is 1.63. The first-order valence-electron chi connectivity index (χ1n) is 6.91. The summed E-state index contributed by atoms with van der Waals surface area (Å²) in [6.07, 6.45) is 1.41. The summed E-state index contributed by atoms with van der Waals surface area (Å²) in [5, 5.41) is 5.49. The van der Waals surface area contributed by atoms with E-state index in [1.165, 1.54) is 0 Å². The molecule has 0 saturated heterocycles. The molecule has 1 aromatic carbocycles. The lowest BCUT2D eigenvalue weighted by Crippen LogP contribution is -2.27. The predicted octanol–water partition coefficient (Wildman–Crippen LogP) is 1.95. The Kier molecular flexibility index (Phi) is 8.07. The summed E-state index contributed by atoms with van der Waals surface area (Å²) in [5.41, 5.74) is 0.764. The molecule has 0 aliphatic rings. The quantitative estimate of drug-likeness (QED) is 0.678. The number of hydrogen-bond acceptors (Lipinski definition) is 3. The highest BCUT2D eigenvalue weighted by Gasteiger charge is 2.04. The van der Waals surface area contributed by atoms with Crippen LogP contribution < -0.4 is 10.6 Å². The molecule has 1 aromatic rings. The molecule has 0 spiro atoms. The summed E-state index contributed by atoms with van der Waals surface area (Å²) in [6, 6.07) is 9.25. The Morgan fingerprint density at radius 3 is 2.55 bits per heavy atom. The van der Waals surface area contributed by atoms with Crippen LogP contribution in [0.15, 0.2) is 30.3 Å². The van der Waals surface area contributed by atoms with E-state index in [-0.39, 0.29) is 18.2 Å². The van der Waals surface area contributed by atoms with Crippen LogP contribution in [-0.4, -0.2) is 31.6 Å². The van der Waals surface area contributed by atoms with Gasteiger partial charge < -0.3 is 15.4 Å². The third kappa shape index (κ3) is 7.53. The lowest BCUT2D eigenvalue weighted by atomic mass is 10.3. The number of benzene rings is 1. The molecular weight excluding hydrogens is 256 g/mol. The number of hydrogen-bond donors (Lipinski definition) is 2. The first-order chi connectivity index (χ1) is 9.72. The number of carbonyl (C=O) groups excluding carboxylic acids is 2. The van der Waals surface area contributed by atoms with E-state index in [2.05, 4.69) is 10.6 Å². The normalized spacial score (nSPS) is 10.1. The first kappa shape index (κ1) is 16.2. The second-order valence-electron chi connectivity index (χ2n) is 4.31. The fourth-order valence-corrected chi connectivity index (χ4v) is 1.63. The molecule has 0 fully saturated rings. The van der Waals surface area contributed by atoms with Crippen molar-refractivity contribution in [2.45, 2.75) is 26.2 Å². The summed E-state index contributed by atoms with van der Waals surface area (Å²) >= 11 is 0. The Hall–Kier alpha value is -1.88. The van der Waals surface area contributed by atoms with E-state index < -0.39 is 0 Å². The molecule has 0 aromatic heterocycles. The second-order valence-corrected chi connectivity index (χ2v) is 4.31. The van der Waals surface area contributed by atoms with E-state index in [0.717, 1.165) is 5.69 Å². The zero-order chi connectivity index (χ0) is 14.6. The van der Waals surface area contributed by atoms with Crippen LogP contribution in [-0.2, 0) is 14.3 Å². The van der Waals surface area contributed by atoms with Gasteiger partial charge in [0.1, 0.15) is 0 Å². The molecule has 0 bridgehead atoms. The van der Waals surface area contributed by atoms with Crippen LogP contribution in [0.25, 0.3) is 0 Å². The van der Waals surface area contributed by atoms with Crippen LogP contribution >= 0.6 is 0 Å². The maximum atomic E-state index is 11.6. The van der Waals surface area contributed by atoms with Gasteiger partial charge in [0.05, 0.1) is 0 Å². The van der Waals surface area contributed by atoms with Gasteiger partial charge in [-0.1, -0.05) is 18.2 Å². The Labute approximate surface area is 119 Å². The number of anilines is 1. The highest BCUT2D eigenvalue weighted by Crippen LogP contribution is 2.04. The van der Waals surface area contributed by atoms with Crippen molar-refractivity contribution in [2.75, 3.05) is 25.1 Å². The largest absolute Gasteiger partial charge is 0.382 e. The fraction of sp³-hybridized carbons (Fsp3) is 0.467. The third-order valence-corrected chi connectivity index (χ3v) is 2.63. The molecule has 0 radical (unpaired) electrons. The number of nitrogens with one attached hydrogen (secondary N) is 2. The summed E-state index contributed by atoms with van der Waals surface area (Å²) in [5.74, 6) is -0.150. The van der Waals surface area contributed by atoms with E-state index in [0.29, 0.717) is 32.6 Å². The van der Waals surface area contributed by atoms with Crippen molar-refractivity contribution >= 4 is 17.5 Å². The smallest absolute Gasteiger partial charge is 0.226 e. The number of amides is 2. The van der Waals surface area contributed by atoms with Crippen LogP contribution in [0.4, 0.5) is 5.69 Å². The van der Waals surface area contributed by atoms with Crippen molar-refractivity contribution in [2.24, 2.45) is 0 Å². The zero-order valence-electron chi connectivity index (χ0n) is 11.9. The van der Waals surface area contributed by atoms with Crippen molar-refractivity contribution < 1.29 is 14.3 Å². The van der Waals surface area contributed by atoms with E-state index in [1.54, 1.807) is 0 Å². The zero-order valence-corrected chi connectivity index (χ0v) is 11.9. The second kappa shape index (κ2) is 9.97. The average Bonchev–Trinajstić information content (AvgIpc) is 2.45. The number of ether oxygens (including phenoxy) is 1. The Morgan fingerprint density at radius 1 is 1.10 bits per heavy atom. The lowest BCUT2D eigenvalue weighted by molar-refractivity contribution is -0.121. The molecule has 5 heteroatoms. The van der Waals surface area contributed by atoms with Crippen molar-refractivity contribution in [1.82, 2.24) is 5.32 Å². The van der Waals surface area contributed by atoms with E-state index in [4.69, 9.17) is 4.74 Å². The van der Waals surface area contributed by atoms with Gasteiger partial charge in [-0.2, -0.15) is 0 Å². The van der Waals surface area contributed by atoms with E-state index in [1.807, 2.05) is 37.3 Å². The van der Waals surface area contributed by atoms with E-state index >= 15 is 0 Å². The molecule has 1 rings (SSSR count). The first-order valence-corrected chi connectivity index (χ1v) is 6.91. The molecule has 0 saturated carbocycles. The maximum absolute atomic E-state index is 11.6. The van der Waals surface area contributed by atoms with Gasteiger partial charge in [-0.05, 0) is 25.5 Å². The van der Waals surface area contributed by atoms with E-state index in [9.17, 15) is 9.59 Å². The minimum absolute atomic E-state index is 0.0442. The maximum Gasteiger partial charge on any atom is 0.226 e. The molecule has 2 N–H and O–H groups in total. The van der Waals surface area contributed by atoms with Crippen LogP contribution in [0.1, 0.15) is 26.2 Å². The van der Waals surface area contributed by atoms with Gasteiger partial charge in [-0.25, -0.2) is 0 Å². The molecule has 110 valence electrons. The summed E-state index contributed by atoms with van der Waals surface area (Å²) in [6.45, 7) is 3.54. The number of para-hydroxylation sites is 1. The summed E-state index contributed by atoms with van der Waals surface area (Å²) in [4.78, 5) is 23.1. The van der Waals surface area contributed by atoms with Crippen molar-refractivity contribution in [3.63, 3.8) is 0 Å². The van der Waals surface area contributed by atoms with Gasteiger partial charge in [-0.3, -0.25) is 9.59 Å². The SMILES string of the molecule is CCOCCCC(=O)NCCC(=O)Nc1ccccc1. The minimum atomic E-state index is -0.106. The van der Waals surface area contributed by atoms with Gasteiger partial charge in [0.2, 0.25) is 11.8 Å². The van der Waals surface area contributed by atoms with Crippen LogP contribution in [0.2, 0.25) is 0 Å².